The first kappa shape index (κ1) is 13.1. The van der Waals surface area contributed by atoms with Gasteiger partial charge in [0, 0.05) is 25.2 Å². The number of anilines is 2. The van der Waals surface area contributed by atoms with Gasteiger partial charge in [-0.3, -0.25) is 0 Å². The molecule has 1 heterocycles. The molecule has 4 heteroatoms. The third kappa shape index (κ3) is 2.74. The van der Waals surface area contributed by atoms with Crippen LogP contribution in [0, 0.1) is 13.8 Å². The van der Waals surface area contributed by atoms with Crippen LogP contribution in [-0.4, -0.2) is 29.6 Å². The van der Waals surface area contributed by atoms with Gasteiger partial charge in [-0.05, 0) is 33.1 Å². The zero-order valence-corrected chi connectivity index (χ0v) is 12.0. The number of aryl methyl sites for hydroxylation is 1. The van der Waals surface area contributed by atoms with Gasteiger partial charge in [0.15, 0.2) is 0 Å². The van der Waals surface area contributed by atoms with E-state index in [0.717, 1.165) is 24.0 Å². The van der Waals surface area contributed by atoms with Crippen molar-refractivity contribution in [1.29, 1.82) is 0 Å². The van der Waals surface area contributed by atoms with Gasteiger partial charge in [0.25, 0.3) is 0 Å². The number of nitrogens with one attached hydrogen (secondary N) is 1. The molecule has 0 spiro atoms. The Morgan fingerprint density at radius 2 is 2.00 bits per heavy atom. The first-order chi connectivity index (χ1) is 8.67. The van der Waals surface area contributed by atoms with Crippen LogP contribution in [0.5, 0.6) is 0 Å². The Hall–Kier alpha value is -1.32. The maximum absolute atomic E-state index is 4.67. The van der Waals surface area contributed by atoms with E-state index in [-0.39, 0.29) is 0 Å². The van der Waals surface area contributed by atoms with Crippen LogP contribution >= 0.6 is 0 Å². The number of unbranched alkanes of at least 4 members (excludes halogenated alkanes) is 1. The summed E-state index contributed by atoms with van der Waals surface area (Å²) in [6.07, 6.45) is 5.07. The molecule has 1 N–H and O–H groups in total. The topological polar surface area (TPSA) is 41.1 Å². The Labute approximate surface area is 110 Å². The Balaban J connectivity index is 2.30. The summed E-state index contributed by atoms with van der Waals surface area (Å²) >= 11 is 0. The Bertz CT molecular complexity index is 413. The van der Waals surface area contributed by atoms with Crippen molar-refractivity contribution in [3.8, 4) is 0 Å². The normalized spacial score (nSPS) is 14.7. The smallest absolute Gasteiger partial charge is 0.137 e. The number of hydrogen-bond acceptors (Lipinski definition) is 4. The predicted molar refractivity (Wildman–Crippen MR) is 76.3 cm³/mol. The van der Waals surface area contributed by atoms with Gasteiger partial charge in [-0.1, -0.05) is 13.3 Å². The van der Waals surface area contributed by atoms with Crippen molar-refractivity contribution in [3.05, 3.63) is 11.4 Å². The summed E-state index contributed by atoms with van der Waals surface area (Å²) in [5, 5.41) is 3.17. The summed E-state index contributed by atoms with van der Waals surface area (Å²) in [5.74, 6) is 2.93. The van der Waals surface area contributed by atoms with E-state index in [1.54, 1.807) is 0 Å². The van der Waals surface area contributed by atoms with E-state index < -0.39 is 0 Å². The maximum atomic E-state index is 4.67. The molecule has 1 fully saturated rings. The molecule has 18 heavy (non-hydrogen) atoms. The van der Waals surface area contributed by atoms with Crippen molar-refractivity contribution in [2.75, 3.05) is 23.8 Å². The second-order valence-electron chi connectivity index (χ2n) is 5.10. The largest absolute Gasteiger partial charge is 0.373 e. The van der Waals surface area contributed by atoms with Gasteiger partial charge in [-0.2, -0.15) is 0 Å². The molecule has 1 saturated carbocycles. The quantitative estimate of drug-likeness (QED) is 0.840. The Morgan fingerprint density at radius 3 is 2.56 bits per heavy atom. The fourth-order valence-corrected chi connectivity index (χ4v) is 2.31. The van der Waals surface area contributed by atoms with E-state index in [0.29, 0.717) is 6.04 Å². The SMILES string of the molecule is CCCCN(c1nc(C)nc(NC)c1C)C1CC1. The molecule has 1 aliphatic carbocycles. The highest BCUT2D eigenvalue weighted by molar-refractivity contribution is 5.59. The van der Waals surface area contributed by atoms with Gasteiger partial charge in [-0.15, -0.1) is 0 Å². The fraction of sp³-hybridized carbons (Fsp3) is 0.714. The highest BCUT2D eigenvalue weighted by Gasteiger charge is 2.31. The van der Waals surface area contributed by atoms with Crippen molar-refractivity contribution >= 4 is 11.6 Å². The minimum Gasteiger partial charge on any atom is -0.373 e. The monoisotopic (exact) mass is 248 g/mol. The first-order valence-corrected chi connectivity index (χ1v) is 6.97. The summed E-state index contributed by atoms with van der Waals surface area (Å²) in [4.78, 5) is 11.6. The molecule has 0 unspecified atom stereocenters. The minimum atomic E-state index is 0.703. The molecule has 1 aliphatic rings. The molecule has 1 aromatic heterocycles. The molecule has 0 amide bonds. The van der Waals surface area contributed by atoms with Crippen molar-refractivity contribution in [2.24, 2.45) is 0 Å². The second-order valence-corrected chi connectivity index (χ2v) is 5.10. The molecule has 0 atom stereocenters. The number of aromatic nitrogens is 2. The third-order valence-corrected chi connectivity index (χ3v) is 3.48. The van der Waals surface area contributed by atoms with Crippen LogP contribution in [0.2, 0.25) is 0 Å². The summed E-state index contributed by atoms with van der Waals surface area (Å²) in [6.45, 7) is 7.43. The highest BCUT2D eigenvalue weighted by Crippen LogP contribution is 2.34. The molecular formula is C14H24N4. The van der Waals surface area contributed by atoms with Gasteiger partial charge in [0.05, 0.1) is 0 Å². The molecule has 0 aliphatic heterocycles. The molecule has 4 nitrogen and oxygen atoms in total. The predicted octanol–water partition coefficient (Wildman–Crippen LogP) is 2.90. The summed E-state index contributed by atoms with van der Waals surface area (Å²) in [6, 6.07) is 0.703. The molecule has 0 saturated heterocycles. The van der Waals surface area contributed by atoms with Crippen molar-refractivity contribution < 1.29 is 0 Å². The lowest BCUT2D eigenvalue weighted by Gasteiger charge is -2.26. The third-order valence-electron chi connectivity index (χ3n) is 3.48. The summed E-state index contributed by atoms with van der Waals surface area (Å²) < 4.78 is 0. The van der Waals surface area contributed by atoms with Crippen LogP contribution in [0.15, 0.2) is 0 Å². The Kier molecular flexibility index (Phi) is 4.04. The van der Waals surface area contributed by atoms with Crippen LogP contribution in [0.1, 0.15) is 44.0 Å². The zero-order valence-electron chi connectivity index (χ0n) is 12.0. The molecule has 2 rings (SSSR count). The average Bonchev–Trinajstić information content (AvgIpc) is 3.17. The van der Waals surface area contributed by atoms with Crippen LogP contribution < -0.4 is 10.2 Å². The van der Waals surface area contributed by atoms with E-state index in [4.69, 9.17) is 0 Å². The minimum absolute atomic E-state index is 0.703. The molecule has 0 radical (unpaired) electrons. The average molecular weight is 248 g/mol. The first-order valence-electron chi connectivity index (χ1n) is 6.97. The van der Waals surface area contributed by atoms with Gasteiger partial charge >= 0.3 is 0 Å². The number of rotatable bonds is 6. The molecule has 100 valence electrons. The molecular weight excluding hydrogens is 224 g/mol. The van der Waals surface area contributed by atoms with E-state index in [1.165, 1.54) is 31.2 Å². The van der Waals surface area contributed by atoms with E-state index in [1.807, 2.05) is 14.0 Å². The standard InChI is InChI=1S/C14H24N4/c1-5-6-9-18(12-7-8-12)14-10(2)13(15-4)16-11(3)17-14/h12H,5-9H2,1-4H3,(H,15,16,17). The van der Waals surface area contributed by atoms with Crippen LogP contribution in [0.3, 0.4) is 0 Å². The van der Waals surface area contributed by atoms with E-state index in [2.05, 4.69) is 34.0 Å². The summed E-state index contributed by atoms with van der Waals surface area (Å²) in [5.41, 5.74) is 1.17. The van der Waals surface area contributed by atoms with Gasteiger partial charge < -0.3 is 10.2 Å². The maximum Gasteiger partial charge on any atom is 0.137 e. The van der Waals surface area contributed by atoms with Crippen LogP contribution in [0.25, 0.3) is 0 Å². The fourth-order valence-electron chi connectivity index (χ4n) is 2.31. The highest BCUT2D eigenvalue weighted by atomic mass is 15.2. The molecule has 1 aromatic rings. The van der Waals surface area contributed by atoms with Crippen molar-refractivity contribution in [1.82, 2.24) is 9.97 Å². The number of hydrogen-bond donors (Lipinski definition) is 1. The van der Waals surface area contributed by atoms with E-state index >= 15 is 0 Å². The van der Waals surface area contributed by atoms with E-state index in [9.17, 15) is 0 Å². The van der Waals surface area contributed by atoms with Crippen LogP contribution in [0.4, 0.5) is 11.6 Å². The summed E-state index contributed by atoms with van der Waals surface area (Å²) in [7, 11) is 1.92. The second kappa shape index (κ2) is 5.55. The van der Waals surface area contributed by atoms with Gasteiger partial charge in [0.2, 0.25) is 0 Å². The van der Waals surface area contributed by atoms with Crippen molar-refractivity contribution in [3.63, 3.8) is 0 Å². The number of nitrogens with zero attached hydrogens (tertiary/aromatic N) is 3. The Morgan fingerprint density at radius 1 is 1.28 bits per heavy atom. The van der Waals surface area contributed by atoms with Gasteiger partial charge in [0.1, 0.15) is 17.5 Å². The lowest BCUT2D eigenvalue weighted by molar-refractivity contribution is 0.699. The van der Waals surface area contributed by atoms with Crippen LogP contribution in [-0.2, 0) is 0 Å². The molecule has 0 aromatic carbocycles. The van der Waals surface area contributed by atoms with Gasteiger partial charge in [-0.25, -0.2) is 9.97 Å². The lowest BCUT2D eigenvalue weighted by atomic mass is 10.2. The molecule has 0 bridgehead atoms. The van der Waals surface area contributed by atoms with Crippen molar-refractivity contribution in [2.45, 2.75) is 52.5 Å². The lowest BCUT2D eigenvalue weighted by Crippen LogP contribution is -2.29. The zero-order chi connectivity index (χ0) is 13.1.